The highest BCUT2D eigenvalue weighted by atomic mass is 16.4. The number of nitrogens with zero attached hydrogens (tertiary/aromatic N) is 2. The van der Waals surface area contributed by atoms with Gasteiger partial charge in [-0.1, -0.05) is 12.8 Å². The zero-order chi connectivity index (χ0) is 14.0. The molecular weight excluding hydrogens is 244 g/mol. The summed E-state index contributed by atoms with van der Waals surface area (Å²) < 4.78 is 0. The summed E-state index contributed by atoms with van der Waals surface area (Å²) in [6.45, 7) is 1.56. The van der Waals surface area contributed by atoms with E-state index in [1.54, 1.807) is 0 Å². The Labute approximate surface area is 114 Å². The summed E-state index contributed by atoms with van der Waals surface area (Å²) in [5.41, 5.74) is 0. The molecule has 0 spiro atoms. The number of hydrogen-bond acceptors (Lipinski definition) is 3. The number of carbonyl (C=O) groups is 2. The Morgan fingerprint density at radius 1 is 1.11 bits per heavy atom. The molecule has 2 rings (SSSR count). The molecule has 0 radical (unpaired) electrons. The maximum absolute atomic E-state index is 12.5. The normalized spacial score (nSPS) is 26.7. The van der Waals surface area contributed by atoms with Crippen molar-refractivity contribution in [2.75, 3.05) is 27.2 Å². The van der Waals surface area contributed by atoms with E-state index in [1.165, 1.54) is 12.8 Å². The SMILES string of the molecule is CN(C)CCN(C(=O)[C@@H]1C[C@@H]1C(=O)O)C1CCCC1. The monoisotopic (exact) mass is 268 g/mol. The first kappa shape index (κ1) is 14.3. The van der Waals surface area contributed by atoms with Gasteiger partial charge in [0.2, 0.25) is 5.91 Å². The first-order valence-corrected chi connectivity index (χ1v) is 7.18. The summed E-state index contributed by atoms with van der Waals surface area (Å²) in [6.07, 6.45) is 5.04. The Hall–Kier alpha value is -1.10. The van der Waals surface area contributed by atoms with E-state index >= 15 is 0 Å². The molecule has 19 heavy (non-hydrogen) atoms. The van der Waals surface area contributed by atoms with E-state index in [1.807, 2.05) is 19.0 Å². The molecule has 2 aliphatic carbocycles. The van der Waals surface area contributed by atoms with Crippen LogP contribution in [0.15, 0.2) is 0 Å². The van der Waals surface area contributed by atoms with E-state index in [0.717, 1.165) is 25.9 Å². The second kappa shape index (κ2) is 5.90. The van der Waals surface area contributed by atoms with Crippen LogP contribution >= 0.6 is 0 Å². The molecule has 5 heteroatoms. The number of hydrogen-bond donors (Lipinski definition) is 1. The fraction of sp³-hybridized carbons (Fsp3) is 0.857. The third-order valence-electron chi connectivity index (χ3n) is 4.26. The van der Waals surface area contributed by atoms with Gasteiger partial charge in [0.1, 0.15) is 0 Å². The lowest BCUT2D eigenvalue weighted by Gasteiger charge is -2.30. The molecule has 0 unspecified atom stereocenters. The molecule has 2 atom stereocenters. The second-order valence-electron chi connectivity index (χ2n) is 6.06. The van der Waals surface area contributed by atoms with Crippen LogP contribution in [-0.2, 0) is 9.59 Å². The van der Waals surface area contributed by atoms with E-state index in [9.17, 15) is 9.59 Å². The average Bonchev–Trinajstić information content (AvgIpc) is 2.98. The van der Waals surface area contributed by atoms with Crippen molar-refractivity contribution in [2.24, 2.45) is 11.8 Å². The van der Waals surface area contributed by atoms with Gasteiger partial charge >= 0.3 is 5.97 Å². The summed E-state index contributed by atoms with van der Waals surface area (Å²) in [5.74, 6) is -1.45. The predicted octanol–water partition coefficient (Wildman–Crippen LogP) is 1.04. The number of likely N-dealkylation sites (N-methyl/N-ethyl adjacent to an activating group) is 1. The van der Waals surface area contributed by atoms with Crippen molar-refractivity contribution < 1.29 is 14.7 Å². The van der Waals surface area contributed by atoms with Gasteiger partial charge in [0, 0.05) is 19.1 Å². The Kier molecular flexibility index (Phi) is 4.45. The fourth-order valence-electron chi connectivity index (χ4n) is 2.95. The highest BCUT2D eigenvalue weighted by Crippen LogP contribution is 2.41. The number of carboxylic acids is 1. The quantitative estimate of drug-likeness (QED) is 0.782. The molecular formula is C14H24N2O3. The van der Waals surface area contributed by atoms with E-state index in [-0.39, 0.29) is 11.8 Å². The zero-order valence-electron chi connectivity index (χ0n) is 11.8. The van der Waals surface area contributed by atoms with Crippen LogP contribution in [-0.4, -0.2) is 60.0 Å². The van der Waals surface area contributed by atoms with Crippen LogP contribution in [0.3, 0.4) is 0 Å². The molecule has 1 N–H and O–H groups in total. The minimum absolute atomic E-state index is 0.0705. The van der Waals surface area contributed by atoms with Gasteiger partial charge in [0.25, 0.3) is 0 Å². The standard InChI is InChI=1S/C14H24N2O3/c1-15(2)7-8-16(10-5-3-4-6-10)13(17)11-9-12(11)14(18)19/h10-12H,3-9H2,1-2H3,(H,18,19)/t11-,12+/m1/s1. The first-order chi connectivity index (χ1) is 9.00. The van der Waals surface area contributed by atoms with Crippen LogP contribution in [0.2, 0.25) is 0 Å². The van der Waals surface area contributed by atoms with Gasteiger partial charge in [-0.05, 0) is 33.4 Å². The van der Waals surface area contributed by atoms with Gasteiger partial charge in [0.05, 0.1) is 11.8 Å². The molecule has 0 heterocycles. The molecule has 2 fully saturated rings. The van der Waals surface area contributed by atoms with Crippen molar-refractivity contribution >= 4 is 11.9 Å². The predicted molar refractivity (Wildman–Crippen MR) is 71.8 cm³/mol. The average molecular weight is 268 g/mol. The third-order valence-corrected chi connectivity index (χ3v) is 4.26. The lowest BCUT2D eigenvalue weighted by Crippen LogP contribution is -2.43. The first-order valence-electron chi connectivity index (χ1n) is 7.18. The summed E-state index contributed by atoms with van der Waals surface area (Å²) in [6, 6.07) is 0.336. The number of carbonyl (C=O) groups excluding carboxylic acids is 1. The van der Waals surface area contributed by atoms with Gasteiger partial charge in [-0.2, -0.15) is 0 Å². The zero-order valence-corrected chi connectivity index (χ0v) is 11.8. The summed E-state index contributed by atoms with van der Waals surface area (Å²) in [7, 11) is 3.99. The maximum atomic E-state index is 12.5. The van der Waals surface area contributed by atoms with Crippen molar-refractivity contribution in [3.8, 4) is 0 Å². The Balaban J connectivity index is 1.96. The molecule has 0 aromatic rings. The van der Waals surface area contributed by atoms with Gasteiger partial charge in [-0.15, -0.1) is 0 Å². The molecule has 0 aromatic carbocycles. The minimum Gasteiger partial charge on any atom is -0.481 e. The van der Waals surface area contributed by atoms with Crippen LogP contribution in [0, 0.1) is 11.8 Å². The molecule has 0 aromatic heterocycles. The Morgan fingerprint density at radius 3 is 2.21 bits per heavy atom. The van der Waals surface area contributed by atoms with Crippen LogP contribution in [0.1, 0.15) is 32.1 Å². The van der Waals surface area contributed by atoms with Crippen molar-refractivity contribution in [2.45, 2.75) is 38.1 Å². The number of rotatable bonds is 6. The van der Waals surface area contributed by atoms with E-state index in [2.05, 4.69) is 4.90 Å². The van der Waals surface area contributed by atoms with Crippen molar-refractivity contribution in [1.29, 1.82) is 0 Å². The molecule has 2 saturated carbocycles. The van der Waals surface area contributed by atoms with Gasteiger partial charge in [-0.3, -0.25) is 9.59 Å². The van der Waals surface area contributed by atoms with Gasteiger partial charge in [0.15, 0.2) is 0 Å². The number of aliphatic carboxylic acids is 1. The molecule has 1 amide bonds. The molecule has 0 saturated heterocycles. The van der Waals surface area contributed by atoms with Gasteiger partial charge < -0.3 is 14.9 Å². The van der Waals surface area contributed by atoms with E-state index in [4.69, 9.17) is 5.11 Å². The smallest absolute Gasteiger partial charge is 0.307 e. The number of carboxylic acid groups (broad SMARTS) is 1. The molecule has 2 aliphatic rings. The van der Waals surface area contributed by atoms with Crippen LogP contribution in [0.5, 0.6) is 0 Å². The van der Waals surface area contributed by atoms with Gasteiger partial charge in [-0.25, -0.2) is 0 Å². The van der Waals surface area contributed by atoms with Crippen LogP contribution < -0.4 is 0 Å². The van der Waals surface area contributed by atoms with E-state index in [0.29, 0.717) is 12.5 Å². The molecule has 108 valence electrons. The molecule has 0 bridgehead atoms. The van der Waals surface area contributed by atoms with Crippen molar-refractivity contribution in [1.82, 2.24) is 9.80 Å². The number of amides is 1. The third kappa shape index (κ3) is 3.47. The largest absolute Gasteiger partial charge is 0.481 e. The highest BCUT2D eigenvalue weighted by molar-refractivity contribution is 5.89. The highest BCUT2D eigenvalue weighted by Gasteiger charge is 2.50. The fourth-order valence-corrected chi connectivity index (χ4v) is 2.95. The summed E-state index contributed by atoms with van der Waals surface area (Å²) in [5, 5.41) is 8.96. The lowest BCUT2D eigenvalue weighted by atomic mass is 10.1. The maximum Gasteiger partial charge on any atom is 0.307 e. The summed E-state index contributed by atoms with van der Waals surface area (Å²) in [4.78, 5) is 27.4. The summed E-state index contributed by atoms with van der Waals surface area (Å²) >= 11 is 0. The van der Waals surface area contributed by atoms with E-state index < -0.39 is 11.9 Å². The molecule has 5 nitrogen and oxygen atoms in total. The van der Waals surface area contributed by atoms with Crippen LogP contribution in [0.4, 0.5) is 0 Å². The van der Waals surface area contributed by atoms with Crippen LogP contribution in [0.25, 0.3) is 0 Å². The topological polar surface area (TPSA) is 60.9 Å². The Bertz CT molecular complexity index is 351. The van der Waals surface area contributed by atoms with Crippen molar-refractivity contribution in [3.63, 3.8) is 0 Å². The lowest BCUT2D eigenvalue weighted by molar-refractivity contribution is -0.142. The second-order valence-corrected chi connectivity index (χ2v) is 6.06. The molecule has 0 aliphatic heterocycles. The Morgan fingerprint density at radius 2 is 1.74 bits per heavy atom. The minimum atomic E-state index is -0.822. The van der Waals surface area contributed by atoms with Crippen molar-refractivity contribution in [3.05, 3.63) is 0 Å².